The Bertz CT molecular complexity index is 784. The Morgan fingerprint density at radius 3 is 2.39 bits per heavy atom. The number of carbonyl (C=O) groups excluding carboxylic acids is 3. The van der Waals surface area contributed by atoms with Crippen LogP contribution in [0.25, 0.3) is 0 Å². The van der Waals surface area contributed by atoms with Gasteiger partial charge in [0.2, 0.25) is 5.91 Å². The van der Waals surface area contributed by atoms with E-state index in [1.54, 1.807) is 0 Å². The van der Waals surface area contributed by atoms with Gasteiger partial charge in [0.25, 0.3) is 5.91 Å². The highest BCUT2D eigenvalue weighted by Crippen LogP contribution is 2.37. The lowest BCUT2D eigenvalue weighted by Crippen LogP contribution is -2.57. The fourth-order valence-electron chi connectivity index (χ4n) is 3.91. The average molecular weight is 407 g/mol. The van der Waals surface area contributed by atoms with Crippen LogP contribution in [0.5, 0.6) is 0 Å². The number of rotatable bonds is 4. The Labute approximate surface area is 170 Å². The summed E-state index contributed by atoms with van der Waals surface area (Å²) >= 11 is 6.06. The zero-order valence-corrected chi connectivity index (χ0v) is 17.3. The lowest BCUT2D eigenvalue weighted by atomic mass is 9.71. The molecule has 1 aromatic carbocycles. The number of benzene rings is 1. The van der Waals surface area contributed by atoms with E-state index in [-0.39, 0.29) is 24.7 Å². The lowest BCUT2D eigenvalue weighted by Gasteiger charge is -2.40. The fourth-order valence-corrected chi connectivity index (χ4v) is 4.09. The van der Waals surface area contributed by atoms with Crippen molar-refractivity contribution in [1.29, 1.82) is 0 Å². The Kier molecular flexibility index (Phi) is 5.57. The number of hydrogen-bond donors (Lipinski definition) is 2. The Morgan fingerprint density at radius 1 is 1.18 bits per heavy atom. The summed E-state index contributed by atoms with van der Waals surface area (Å²) in [7, 11) is 0. The highest BCUT2D eigenvalue weighted by Gasteiger charge is 2.54. The van der Waals surface area contributed by atoms with Crippen LogP contribution in [-0.4, -0.2) is 54.5 Å². The van der Waals surface area contributed by atoms with Crippen molar-refractivity contribution in [1.82, 2.24) is 15.5 Å². The number of hydrogen-bond acceptors (Lipinski definition) is 4. The van der Waals surface area contributed by atoms with Gasteiger partial charge < -0.3 is 15.1 Å². The Hall–Kier alpha value is -2.28. The summed E-state index contributed by atoms with van der Waals surface area (Å²) in [4.78, 5) is 40.9. The molecule has 2 saturated heterocycles. The molecule has 0 aliphatic carbocycles. The SMILES string of the molecule is CC(C)(C)C1(CCC(=O)N2CCN(c3cccc(Cl)c3)CC2)NC(=O)NC1=O. The summed E-state index contributed by atoms with van der Waals surface area (Å²) in [6, 6.07) is 7.20. The van der Waals surface area contributed by atoms with Crippen LogP contribution in [0.2, 0.25) is 5.02 Å². The van der Waals surface area contributed by atoms with Gasteiger partial charge in [-0.15, -0.1) is 0 Å². The van der Waals surface area contributed by atoms with Gasteiger partial charge in [0.1, 0.15) is 5.54 Å². The van der Waals surface area contributed by atoms with Gasteiger partial charge in [0.05, 0.1) is 0 Å². The number of urea groups is 1. The predicted molar refractivity (Wildman–Crippen MR) is 108 cm³/mol. The number of imide groups is 1. The third-order valence-electron chi connectivity index (χ3n) is 5.74. The first-order valence-electron chi connectivity index (χ1n) is 9.54. The molecule has 2 heterocycles. The van der Waals surface area contributed by atoms with E-state index < -0.39 is 17.0 Å². The van der Waals surface area contributed by atoms with Crippen LogP contribution in [0.4, 0.5) is 10.5 Å². The first-order chi connectivity index (χ1) is 13.1. The van der Waals surface area contributed by atoms with Gasteiger partial charge >= 0.3 is 6.03 Å². The van der Waals surface area contributed by atoms with E-state index in [2.05, 4.69) is 15.5 Å². The number of halogens is 1. The second-order valence-electron chi connectivity index (χ2n) is 8.41. The van der Waals surface area contributed by atoms with Crippen LogP contribution < -0.4 is 15.5 Å². The number of nitrogens with zero attached hydrogens (tertiary/aromatic N) is 2. The van der Waals surface area contributed by atoms with Gasteiger partial charge in [-0.1, -0.05) is 38.4 Å². The minimum Gasteiger partial charge on any atom is -0.368 e. The van der Waals surface area contributed by atoms with E-state index in [0.29, 0.717) is 18.1 Å². The number of amides is 4. The molecule has 8 heteroatoms. The lowest BCUT2D eigenvalue weighted by molar-refractivity contribution is -0.133. The minimum absolute atomic E-state index is 0.00307. The van der Waals surface area contributed by atoms with E-state index >= 15 is 0 Å². The smallest absolute Gasteiger partial charge is 0.322 e. The number of piperazine rings is 1. The maximum atomic E-state index is 12.8. The maximum absolute atomic E-state index is 12.8. The molecule has 1 aromatic rings. The van der Waals surface area contributed by atoms with Crippen molar-refractivity contribution in [2.45, 2.75) is 39.2 Å². The summed E-state index contributed by atoms with van der Waals surface area (Å²) in [5, 5.41) is 5.77. The van der Waals surface area contributed by atoms with Gasteiger partial charge in [-0.2, -0.15) is 0 Å². The first-order valence-corrected chi connectivity index (χ1v) is 9.92. The van der Waals surface area contributed by atoms with Crippen LogP contribution in [0, 0.1) is 5.41 Å². The molecule has 2 N–H and O–H groups in total. The molecule has 1 unspecified atom stereocenters. The van der Waals surface area contributed by atoms with Crippen molar-refractivity contribution in [3.63, 3.8) is 0 Å². The number of nitrogens with one attached hydrogen (secondary N) is 2. The molecular weight excluding hydrogens is 380 g/mol. The van der Waals surface area contributed by atoms with Crippen molar-refractivity contribution in [3.05, 3.63) is 29.3 Å². The van der Waals surface area contributed by atoms with Crippen molar-refractivity contribution in [2.24, 2.45) is 5.41 Å². The summed E-state index contributed by atoms with van der Waals surface area (Å²) in [6.45, 7) is 8.38. The monoisotopic (exact) mass is 406 g/mol. The molecule has 7 nitrogen and oxygen atoms in total. The van der Waals surface area contributed by atoms with Crippen molar-refractivity contribution in [2.75, 3.05) is 31.1 Å². The molecule has 152 valence electrons. The van der Waals surface area contributed by atoms with Crippen molar-refractivity contribution < 1.29 is 14.4 Å². The molecule has 2 fully saturated rings. The first kappa shape index (κ1) is 20.5. The Morgan fingerprint density at radius 2 is 1.86 bits per heavy atom. The normalized spacial score (nSPS) is 22.9. The molecule has 0 bridgehead atoms. The molecule has 2 aliphatic rings. The van der Waals surface area contributed by atoms with Crippen molar-refractivity contribution >= 4 is 35.1 Å². The zero-order valence-electron chi connectivity index (χ0n) is 16.5. The van der Waals surface area contributed by atoms with Crippen LogP contribution in [0.15, 0.2) is 24.3 Å². The van der Waals surface area contributed by atoms with Gasteiger partial charge in [0.15, 0.2) is 0 Å². The topological polar surface area (TPSA) is 81.8 Å². The van der Waals surface area contributed by atoms with E-state index in [1.807, 2.05) is 49.9 Å². The highest BCUT2D eigenvalue weighted by molar-refractivity contribution is 6.30. The zero-order chi connectivity index (χ0) is 20.5. The van der Waals surface area contributed by atoms with Gasteiger partial charge in [0, 0.05) is 43.3 Å². The molecule has 0 saturated carbocycles. The summed E-state index contributed by atoms with van der Waals surface area (Å²) in [5.41, 5.74) is -0.520. The molecule has 0 spiro atoms. The molecule has 0 radical (unpaired) electrons. The Balaban J connectivity index is 1.58. The molecular formula is C20H27ClN4O3. The number of anilines is 1. The van der Waals surface area contributed by atoms with Gasteiger partial charge in [-0.3, -0.25) is 14.9 Å². The predicted octanol–water partition coefficient (Wildman–Crippen LogP) is 2.39. The molecule has 0 aromatic heterocycles. The second kappa shape index (κ2) is 7.62. The largest absolute Gasteiger partial charge is 0.368 e. The van der Waals surface area contributed by atoms with Crippen LogP contribution in [-0.2, 0) is 9.59 Å². The minimum atomic E-state index is -1.07. The summed E-state index contributed by atoms with van der Waals surface area (Å²) < 4.78 is 0. The van der Waals surface area contributed by atoms with E-state index in [4.69, 9.17) is 11.6 Å². The van der Waals surface area contributed by atoms with Crippen LogP contribution >= 0.6 is 11.6 Å². The fraction of sp³-hybridized carbons (Fsp3) is 0.550. The summed E-state index contributed by atoms with van der Waals surface area (Å²) in [5.74, 6) is -0.355. The molecule has 2 aliphatic heterocycles. The average Bonchev–Trinajstić information content (AvgIpc) is 2.94. The van der Waals surface area contributed by atoms with Crippen molar-refractivity contribution in [3.8, 4) is 0 Å². The molecule has 4 amide bonds. The van der Waals surface area contributed by atoms with Crippen LogP contribution in [0.1, 0.15) is 33.6 Å². The number of carbonyl (C=O) groups is 3. The van der Waals surface area contributed by atoms with Gasteiger partial charge in [-0.05, 0) is 30.0 Å². The third kappa shape index (κ3) is 3.94. The third-order valence-corrected chi connectivity index (χ3v) is 5.98. The standard InChI is InChI=1S/C20H27ClN4O3/c1-19(2,3)20(17(27)22-18(28)23-20)8-7-16(26)25-11-9-24(10-12-25)15-6-4-5-14(21)13-15/h4-6,13H,7-12H2,1-3H3,(H2,22,23,27,28). The molecule has 28 heavy (non-hydrogen) atoms. The molecule has 1 atom stereocenters. The summed E-state index contributed by atoms with van der Waals surface area (Å²) in [6.07, 6.45) is 0.490. The van der Waals surface area contributed by atoms with E-state index in [0.717, 1.165) is 18.8 Å². The molecule has 3 rings (SSSR count). The second-order valence-corrected chi connectivity index (χ2v) is 8.85. The van der Waals surface area contributed by atoms with Crippen LogP contribution in [0.3, 0.4) is 0 Å². The van der Waals surface area contributed by atoms with E-state index in [1.165, 1.54) is 0 Å². The van der Waals surface area contributed by atoms with Gasteiger partial charge in [-0.25, -0.2) is 4.79 Å². The maximum Gasteiger partial charge on any atom is 0.322 e. The van der Waals surface area contributed by atoms with E-state index in [9.17, 15) is 14.4 Å². The quantitative estimate of drug-likeness (QED) is 0.752. The highest BCUT2D eigenvalue weighted by atomic mass is 35.5.